The van der Waals surface area contributed by atoms with Crippen LogP contribution in [0.4, 0.5) is 16.2 Å². The van der Waals surface area contributed by atoms with Crippen LogP contribution in [0.3, 0.4) is 0 Å². The van der Waals surface area contributed by atoms with Crippen molar-refractivity contribution in [2.75, 3.05) is 36.4 Å². The number of hydrogen-bond donors (Lipinski definition) is 1. The molecule has 0 aliphatic carbocycles. The number of rotatable bonds is 3. The lowest BCUT2D eigenvalue weighted by Gasteiger charge is -2.34. The highest BCUT2D eigenvalue weighted by atomic mass is 16.2. The minimum atomic E-state index is -0.0158. The van der Waals surface area contributed by atoms with Crippen LogP contribution >= 0.6 is 0 Å². The Morgan fingerprint density at radius 1 is 1.12 bits per heavy atom. The van der Waals surface area contributed by atoms with Gasteiger partial charge in [-0.2, -0.15) is 0 Å². The zero-order valence-corrected chi connectivity index (χ0v) is 14.4. The largest absolute Gasteiger partial charge is 0.371 e. The highest BCUT2D eigenvalue weighted by Crippen LogP contribution is 2.30. The van der Waals surface area contributed by atoms with E-state index in [1.807, 2.05) is 17.0 Å². The summed E-state index contributed by atoms with van der Waals surface area (Å²) in [4.78, 5) is 20.8. The van der Waals surface area contributed by atoms with Gasteiger partial charge >= 0.3 is 6.03 Å². The Bertz CT molecular complexity index is 725. The van der Waals surface area contributed by atoms with Crippen LogP contribution in [0.25, 0.3) is 0 Å². The average Bonchev–Trinajstić information content (AvgIpc) is 3.06. The molecule has 1 aromatic carbocycles. The summed E-state index contributed by atoms with van der Waals surface area (Å²) in [5.74, 6) is 0.661. The van der Waals surface area contributed by atoms with Crippen molar-refractivity contribution in [2.45, 2.75) is 19.3 Å². The minimum Gasteiger partial charge on any atom is -0.371 e. The van der Waals surface area contributed by atoms with Gasteiger partial charge in [-0.3, -0.25) is 4.98 Å². The van der Waals surface area contributed by atoms with Crippen molar-refractivity contribution in [3.63, 3.8) is 0 Å². The van der Waals surface area contributed by atoms with Crippen LogP contribution in [0.5, 0.6) is 0 Å². The molecule has 5 nitrogen and oxygen atoms in total. The van der Waals surface area contributed by atoms with E-state index in [9.17, 15) is 4.79 Å². The molecule has 130 valence electrons. The fourth-order valence-corrected chi connectivity index (χ4v) is 3.87. The van der Waals surface area contributed by atoms with Gasteiger partial charge in [0, 0.05) is 38.1 Å². The van der Waals surface area contributed by atoms with E-state index in [0.717, 1.165) is 51.1 Å². The van der Waals surface area contributed by atoms with E-state index >= 15 is 0 Å². The third-order valence-corrected chi connectivity index (χ3v) is 5.28. The molecule has 1 N–H and O–H groups in total. The van der Waals surface area contributed by atoms with Gasteiger partial charge in [-0.25, -0.2) is 4.79 Å². The highest BCUT2D eigenvalue weighted by Gasteiger charge is 2.26. The first-order valence-corrected chi connectivity index (χ1v) is 9.08. The third kappa shape index (κ3) is 3.60. The van der Waals surface area contributed by atoms with Gasteiger partial charge in [-0.1, -0.05) is 18.2 Å². The van der Waals surface area contributed by atoms with Gasteiger partial charge in [-0.15, -0.1) is 0 Å². The van der Waals surface area contributed by atoms with Crippen LogP contribution in [0.15, 0.2) is 48.8 Å². The fraction of sp³-hybridized carbons (Fsp3) is 0.400. The predicted molar refractivity (Wildman–Crippen MR) is 99.9 cm³/mol. The lowest BCUT2D eigenvalue weighted by molar-refractivity contribution is 0.183. The number of likely N-dealkylation sites (tertiary alicyclic amines) is 1. The molecule has 4 rings (SSSR count). The van der Waals surface area contributed by atoms with Crippen molar-refractivity contribution >= 4 is 17.4 Å². The summed E-state index contributed by atoms with van der Waals surface area (Å²) in [5, 5.41) is 2.93. The number of pyridine rings is 1. The van der Waals surface area contributed by atoms with Gasteiger partial charge in [-0.05, 0) is 48.9 Å². The summed E-state index contributed by atoms with van der Waals surface area (Å²) in [7, 11) is 0. The van der Waals surface area contributed by atoms with Gasteiger partial charge in [0.2, 0.25) is 0 Å². The maximum atomic E-state index is 12.4. The average molecular weight is 336 g/mol. The van der Waals surface area contributed by atoms with Crippen LogP contribution < -0.4 is 10.2 Å². The predicted octanol–water partition coefficient (Wildman–Crippen LogP) is 3.39. The number of amides is 2. The molecule has 5 heteroatoms. The van der Waals surface area contributed by atoms with Crippen molar-refractivity contribution in [2.24, 2.45) is 5.92 Å². The van der Waals surface area contributed by atoms with Gasteiger partial charge in [0.15, 0.2) is 0 Å². The number of aromatic nitrogens is 1. The van der Waals surface area contributed by atoms with Crippen LogP contribution in [0, 0.1) is 5.92 Å². The van der Waals surface area contributed by atoms with Crippen molar-refractivity contribution in [1.82, 2.24) is 9.88 Å². The number of piperidine rings is 1. The summed E-state index contributed by atoms with van der Waals surface area (Å²) in [5.41, 5.74) is 3.62. The molecular formula is C20H24N4O. The molecule has 2 aromatic rings. The number of nitrogens with one attached hydrogen (secondary N) is 1. The van der Waals surface area contributed by atoms with Crippen LogP contribution in [-0.2, 0) is 6.42 Å². The van der Waals surface area contributed by atoms with Gasteiger partial charge in [0.05, 0.1) is 11.9 Å². The van der Waals surface area contributed by atoms with E-state index in [1.165, 1.54) is 11.3 Å². The van der Waals surface area contributed by atoms with Crippen molar-refractivity contribution in [3.8, 4) is 0 Å². The van der Waals surface area contributed by atoms with E-state index in [2.05, 4.69) is 39.5 Å². The Labute approximate surface area is 148 Å². The summed E-state index contributed by atoms with van der Waals surface area (Å²) < 4.78 is 0. The summed E-state index contributed by atoms with van der Waals surface area (Å²) in [6.07, 6.45) is 6.67. The zero-order chi connectivity index (χ0) is 17.1. The summed E-state index contributed by atoms with van der Waals surface area (Å²) in [6, 6.07) is 12.4. The number of hydrogen-bond acceptors (Lipinski definition) is 3. The Hall–Kier alpha value is -2.56. The topological polar surface area (TPSA) is 48.5 Å². The first-order chi connectivity index (χ1) is 12.3. The number of carbonyl (C=O) groups is 1. The standard InChI is InChI=1S/C20H24N4O/c25-20(22-18-5-3-10-21-14-18)23-11-7-16(8-12-23)15-24-13-9-17-4-1-2-6-19(17)24/h1-6,10,14,16H,7-9,11-13,15H2,(H,22,25). The van der Waals surface area contributed by atoms with Crippen LogP contribution in [0.1, 0.15) is 18.4 Å². The fourth-order valence-electron chi connectivity index (χ4n) is 3.87. The number of nitrogens with zero attached hydrogens (tertiary/aromatic N) is 3. The van der Waals surface area contributed by atoms with Gasteiger partial charge in [0.25, 0.3) is 0 Å². The lowest BCUT2D eigenvalue weighted by Crippen LogP contribution is -2.43. The molecule has 0 unspecified atom stereocenters. The molecule has 25 heavy (non-hydrogen) atoms. The van der Waals surface area contributed by atoms with E-state index in [0.29, 0.717) is 5.92 Å². The number of urea groups is 1. The molecule has 2 aliphatic rings. The number of benzene rings is 1. The highest BCUT2D eigenvalue weighted by molar-refractivity contribution is 5.89. The van der Waals surface area contributed by atoms with E-state index in [-0.39, 0.29) is 6.03 Å². The molecule has 2 amide bonds. The molecule has 1 fully saturated rings. The first-order valence-electron chi connectivity index (χ1n) is 9.08. The molecule has 1 aromatic heterocycles. The third-order valence-electron chi connectivity index (χ3n) is 5.28. The second kappa shape index (κ2) is 7.13. The van der Waals surface area contributed by atoms with Crippen molar-refractivity contribution in [3.05, 3.63) is 54.4 Å². The van der Waals surface area contributed by atoms with E-state index in [1.54, 1.807) is 12.4 Å². The van der Waals surface area contributed by atoms with Gasteiger partial charge < -0.3 is 15.1 Å². The van der Waals surface area contributed by atoms with Crippen LogP contribution in [0.2, 0.25) is 0 Å². The summed E-state index contributed by atoms with van der Waals surface area (Å²) >= 11 is 0. The quantitative estimate of drug-likeness (QED) is 0.935. The molecule has 0 bridgehead atoms. The normalized spacial score (nSPS) is 17.4. The van der Waals surface area contributed by atoms with E-state index in [4.69, 9.17) is 0 Å². The summed E-state index contributed by atoms with van der Waals surface area (Å²) in [6.45, 7) is 3.88. The zero-order valence-electron chi connectivity index (χ0n) is 14.4. The lowest BCUT2D eigenvalue weighted by atomic mass is 9.96. The smallest absolute Gasteiger partial charge is 0.321 e. The molecule has 3 heterocycles. The Morgan fingerprint density at radius 2 is 1.96 bits per heavy atom. The van der Waals surface area contributed by atoms with Crippen molar-refractivity contribution < 1.29 is 4.79 Å². The number of anilines is 2. The Kier molecular flexibility index (Phi) is 4.55. The molecule has 0 radical (unpaired) electrons. The van der Waals surface area contributed by atoms with Crippen molar-refractivity contribution in [1.29, 1.82) is 0 Å². The van der Waals surface area contributed by atoms with Crippen LogP contribution in [-0.4, -0.2) is 42.1 Å². The van der Waals surface area contributed by atoms with Gasteiger partial charge in [0.1, 0.15) is 0 Å². The maximum Gasteiger partial charge on any atom is 0.321 e. The second-order valence-corrected chi connectivity index (χ2v) is 6.93. The minimum absolute atomic E-state index is 0.0158. The number of para-hydroxylation sites is 1. The van der Waals surface area contributed by atoms with E-state index < -0.39 is 0 Å². The maximum absolute atomic E-state index is 12.4. The molecule has 0 saturated carbocycles. The molecule has 1 saturated heterocycles. The Morgan fingerprint density at radius 3 is 2.76 bits per heavy atom. The molecule has 2 aliphatic heterocycles. The second-order valence-electron chi connectivity index (χ2n) is 6.93. The monoisotopic (exact) mass is 336 g/mol. The first kappa shape index (κ1) is 15.9. The molecular weight excluding hydrogens is 312 g/mol. The molecule has 0 spiro atoms. The SMILES string of the molecule is O=C(Nc1cccnc1)N1CCC(CN2CCc3ccccc32)CC1. The number of fused-ring (bicyclic) bond motifs is 1. The molecule has 0 atom stereocenters. The Balaban J connectivity index is 1.28. The number of carbonyl (C=O) groups excluding carboxylic acids is 1.